The number of unbranched alkanes of at least 4 members (excludes halogenated alkanes) is 8. The van der Waals surface area contributed by atoms with E-state index in [0.717, 1.165) is 83.7 Å². The summed E-state index contributed by atoms with van der Waals surface area (Å²) in [4.78, 5) is 33.2. The van der Waals surface area contributed by atoms with E-state index in [1.54, 1.807) is 0 Å². The standard InChI is InChI=1S/C39H51ClN4O3/c1-3-4-5-6-7-8-9-10-11-14-30(43-39-32-15-12-13-16-36(32)44-37-19-17-29(40)23-34(37)39)24-38(46)47-31-18-20-35-33(25-31)28(26-42-35)21-22-41-27(2)45/h17-20,23,25-26,30,42H,3-16,21-22,24H2,1-2H3,(H,41,45)(H,43,44). The number of halogens is 1. The minimum atomic E-state index is -0.252. The average molecular weight is 659 g/mol. The number of nitrogens with one attached hydrogen (secondary N) is 3. The number of ether oxygens (including phenoxy) is 1. The maximum absolute atomic E-state index is 13.5. The van der Waals surface area contributed by atoms with Crippen molar-refractivity contribution in [3.8, 4) is 5.75 Å². The zero-order valence-corrected chi connectivity index (χ0v) is 28.9. The van der Waals surface area contributed by atoms with E-state index in [9.17, 15) is 9.59 Å². The van der Waals surface area contributed by atoms with Gasteiger partial charge in [-0.05, 0) is 86.1 Å². The molecule has 1 aliphatic carbocycles. The number of aromatic nitrogens is 2. The number of carbonyl (C=O) groups is 2. The molecule has 2 aromatic carbocycles. The molecule has 2 heterocycles. The normalized spacial score (nSPS) is 13.4. The van der Waals surface area contributed by atoms with E-state index in [1.807, 2.05) is 42.6 Å². The third-order valence-corrected chi connectivity index (χ3v) is 9.62. The number of fused-ring (bicyclic) bond motifs is 3. The molecule has 0 fully saturated rings. The molecule has 1 aliphatic rings. The van der Waals surface area contributed by atoms with Gasteiger partial charge in [-0.2, -0.15) is 0 Å². The van der Waals surface area contributed by atoms with Gasteiger partial charge in [-0.25, -0.2) is 0 Å². The van der Waals surface area contributed by atoms with Gasteiger partial charge in [0, 0.05) is 58.4 Å². The van der Waals surface area contributed by atoms with Crippen LogP contribution in [-0.2, 0) is 28.9 Å². The Morgan fingerprint density at radius 2 is 1.72 bits per heavy atom. The number of rotatable bonds is 18. The average Bonchev–Trinajstić information content (AvgIpc) is 3.45. The number of esters is 1. The Morgan fingerprint density at radius 1 is 0.957 bits per heavy atom. The summed E-state index contributed by atoms with van der Waals surface area (Å²) in [5.41, 5.74) is 6.49. The molecule has 4 aromatic rings. The first kappa shape index (κ1) is 34.7. The number of aromatic amines is 1. The van der Waals surface area contributed by atoms with Gasteiger partial charge in [0.15, 0.2) is 0 Å². The van der Waals surface area contributed by atoms with Crippen molar-refractivity contribution in [2.24, 2.45) is 0 Å². The van der Waals surface area contributed by atoms with Gasteiger partial charge in [-0.15, -0.1) is 0 Å². The van der Waals surface area contributed by atoms with Crippen LogP contribution in [0.25, 0.3) is 21.8 Å². The summed E-state index contributed by atoms with van der Waals surface area (Å²) in [5.74, 6) is 0.231. The molecule has 1 amide bonds. The van der Waals surface area contributed by atoms with Gasteiger partial charge in [0.05, 0.1) is 11.9 Å². The molecule has 0 spiro atoms. The van der Waals surface area contributed by atoms with E-state index in [-0.39, 0.29) is 24.3 Å². The van der Waals surface area contributed by atoms with E-state index in [4.69, 9.17) is 21.3 Å². The smallest absolute Gasteiger partial charge is 0.313 e. The lowest BCUT2D eigenvalue weighted by Crippen LogP contribution is -2.27. The Bertz CT molecular complexity index is 1650. The summed E-state index contributed by atoms with van der Waals surface area (Å²) >= 11 is 6.49. The van der Waals surface area contributed by atoms with Gasteiger partial charge in [0.2, 0.25) is 5.91 Å². The third kappa shape index (κ3) is 9.96. The number of nitrogens with zero attached hydrogens (tertiary/aromatic N) is 1. The highest BCUT2D eigenvalue weighted by molar-refractivity contribution is 6.31. The second kappa shape index (κ2) is 17.5. The zero-order valence-electron chi connectivity index (χ0n) is 28.2. The Labute approximate surface area is 284 Å². The number of pyridine rings is 1. The van der Waals surface area contributed by atoms with Crippen LogP contribution in [0.15, 0.2) is 42.6 Å². The maximum Gasteiger partial charge on any atom is 0.313 e. The van der Waals surface area contributed by atoms with E-state index < -0.39 is 0 Å². The molecule has 252 valence electrons. The fraction of sp³-hybridized carbons (Fsp3) is 0.513. The fourth-order valence-electron chi connectivity index (χ4n) is 6.87. The van der Waals surface area contributed by atoms with Crippen LogP contribution in [0.5, 0.6) is 5.75 Å². The summed E-state index contributed by atoms with van der Waals surface area (Å²) in [6, 6.07) is 11.5. The van der Waals surface area contributed by atoms with Crippen LogP contribution in [0, 0.1) is 0 Å². The number of hydrogen-bond donors (Lipinski definition) is 3. The van der Waals surface area contributed by atoms with E-state index in [0.29, 0.717) is 23.7 Å². The van der Waals surface area contributed by atoms with Gasteiger partial charge in [0.1, 0.15) is 5.75 Å². The molecule has 0 aliphatic heterocycles. The molecule has 0 saturated heterocycles. The quantitative estimate of drug-likeness (QED) is 0.0562. The number of H-pyrrole nitrogens is 1. The molecule has 5 rings (SSSR count). The Hall–Kier alpha value is -3.58. The molecule has 8 heteroatoms. The molecular weight excluding hydrogens is 608 g/mol. The molecule has 2 aromatic heterocycles. The van der Waals surface area contributed by atoms with Crippen LogP contribution in [0.1, 0.15) is 114 Å². The number of aryl methyl sites for hydroxylation is 1. The van der Waals surface area contributed by atoms with Gasteiger partial charge in [-0.1, -0.05) is 76.3 Å². The van der Waals surface area contributed by atoms with Crippen LogP contribution < -0.4 is 15.4 Å². The molecule has 47 heavy (non-hydrogen) atoms. The van der Waals surface area contributed by atoms with Crippen LogP contribution in [0.4, 0.5) is 5.69 Å². The third-order valence-electron chi connectivity index (χ3n) is 9.38. The molecule has 1 unspecified atom stereocenters. The first-order chi connectivity index (χ1) is 22.9. The molecule has 0 radical (unpaired) electrons. The fourth-order valence-corrected chi connectivity index (χ4v) is 7.04. The van der Waals surface area contributed by atoms with E-state index in [1.165, 1.54) is 57.4 Å². The molecule has 0 bridgehead atoms. The van der Waals surface area contributed by atoms with Crippen molar-refractivity contribution >= 4 is 51.0 Å². The summed E-state index contributed by atoms with van der Waals surface area (Å²) in [7, 11) is 0. The van der Waals surface area contributed by atoms with E-state index >= 15 is 0 Å². The molecule has 7 nitrogen and oxygen atoms in total. The lowest BCUT2D eigenvalue weighted by Gasteiger charge is -2.26. The minimum absolute atomic E-state index is 0.0478. The lowest BCUT2D eigenvalue weighted by atomic mass is 9.92. The summed E-state index contributed by atoms with van der Waals surface area (Å²) in [6.45, 7) is 4.33. The molecule has 1 atom stereocenters. The highest BCUT2D eigenvalue weighted by atomic mass is 35.5. The van der Waals surface area contributed by atoms with Crippen LogP contribution in [0.2, 0.25) is 5.02 Å². The first-order valence-corrected chi connectivity index (χ1v) is 18.2. The first-order valence-electron chi connectivity index (χ1n) is 17.8. The Morgan fingerprint density at radius 3 is 2.51 bits per heavy atom. The largest absolute Gasteiger partial charge is 0.426 e. The van der Waals surface area contributed by atoms with Crippen molar-refractivity contribution in [2.45, 2.75) is 123 Å². The van der Waals surface area contributed by atoms with Crippen LogP contribution in [-0.4, -0.2) is 34.4 Å². The van der Waals surface area contributed by atoms with Crippen molar-refractivity contribution in [3.05, 3.63) is 64.4 Å². The highest BCUT2D eigenvalue weighted by Gasteiger charge is 2.23. The topological polar surface area (TPSA) is 96.1 Å². The summed E-state index contributed by atoms with van der Waals surface area (Å²) in [5, 5.41) is 9.40. The molecule has 0 saturated carbocycles. The Kier molecular flexibility index (Phi) is 13.0. The number of carbonyl (C=O) groups excluding carboxylic acids is 2. The lowest BCUT2D eigenvalue weighted by molar-refractivity contribution is -0.134. The molecular formula is C39H51ClN4O3. The van der Waals surface area contributed by atoms with Crippen molar-refractivity contribution < 1.29 is 14.3 Å². The van der Waals surface area contributed by atoms with Crippen LogP contribution >= 0.6 is 11.6 Å². The van der Waals surface area contributed by atoms with Gasteiger partial charge >= 0.3 is 5.97 Å². The van der Waals surface area contributed by atoms with Crippen LogP contribution in [0.3, 0.4) is 0 Å². The van der Waals surface area contributed by atoms with Crippen molar-refractivity contribution in [2.75, 3.05) is 11.9 Å². The SMILES string of the molecule is CCCCCCCCCCCC(CC(=O)Oc1ccc2[nH]cc(CCNC(C)=O)c2c1)Nc1c2c(nc3ccc(Cl)cc13)CCCC2. The number of hydrogen-bond acceptors (Lipinski definition) is 5. The zero-order chi connectivity index (χ0) is 33.0. The van der Waals surface area contributed by atoms with Crippen molar-refractivity contribution in [3.63, 3.8) is 0 Å². The number of anilines is 1. The summed E-state index contributed by atoms with van der Waals surface area (Å²) in [6.07, 6.45) is 19.3. The highest BCUT2D eigenvalue weighted by Crippen LogP contribution is 2.36. The second-order valence-electron chi connectivity index (χ2n) is 13.2. The van der Waals surface area contributed by atoms with Crippen molar-refractivity contribution in [1.82, 2.24) is 15.3 Å². The Balaban J connectivity index is 1.29. The minimum Gasteiger partial charge on any atom is -0.426 e. The second-order valence-corrected chi connectivity index (χ2v) is 13.6. The predicted molar refractivity (Wildman–Crippen MR) is 194 cm³/mol. The summed E-state index contributed by atoms with van der Waals surface area (Å²) < 4.78 is 5.97. The monoisotopic (exact) mass is 658 g/mol. The predicted octanol–water partition coefficient (Wildman–Crippen LogP) is 9.62. The van der Waals surface area contributed by atoms with Gasteiger partial charge in [0.25, 0.3) is 0 Å². The maximum atomic E-state index is 13.5. The number of benzene rings is 2. The number of amides is 1. The van der Waals surface area contributed by atoms with Crippen molar-refractivity contribution in [1.29, 1.82) is 0 Å². The molecule has 3 N–H and O–H groups in total. The van der Waals surface area contributed by atoms with E-state index in [2.05, 4.69) is 22.5 Å². The van der Waals surface area contributed by atoms with Gasteiger partial charge in [-0.3, -0.25) is 14.6 Å². The van der Waals surface area contributed by atoms with Gasteiger partial charge < -0.3 is 20.4 Å².